The second kappa shape index (κ2) is 5.99. The van der Waals surface area contributed by atoms with Crippen LogP contribution in [0.2, 0.25) is 0 Å². The molecule has 1 saturated heterocycles. The average molecular weight is 270 g/mol. The number of ether oxygens (including phenoxy) is 1. The van der Waals surface area contributed by atoms with Crippen molar-refractivity contribution in [3.8, 4) is 0 Å². The molecule has 0 aliphatic carbocycles. The summed E-state index contributed by atoms with van der Waals surface area (Å²) in [5, 5.41) is 10.5. The minimum absolute atomic E-state index is 0.0933. The van der Waals surface area contributed by atoms with E-state index in [0.29, 0.717) is 12.0 Å². The smallest absolute Gasteiger partial charge is 0.186 e. The lowest BCUT2D eigenvalue weighted by Crippen LogP contribution is -2.43. The van der Waals surface area contributed by atoms with Gasteiger partial charge in [0.25, 0.3) is 0 Å². The summed E-state index contributed by atoms with van der Waals surface area (Å²) >= 11 is 1.62. The van der Waals surface area contributed by atoms with Crippen molar-refractivity contribution in [2.24, 2.45) is 0 Å². The number of rotatable bonds is 4. The topological polar surface area (TPSA) is 45.6 Å². The van der Waals surface area contributed by atoms with Gasteiger partial charge in [0.05, 0.1) is 36.4 Å². The first-order valence-corrected chi connectivity index (χ1v) is 7.43. The van der Waals surface area contributed by atoms with Crippen molar-refractivity contribution in [3.63, 3.8) is 0 Å². The van der Waals surface area contributed by atoms with Crippen LogP contribution >= 0.6 is 11.3 Å². The van der Waals surface area contributed by atoms with Crippen LogP contribution in [0, 0.1) is 0 Å². The van der Waals surface area contributed by atoms with Gasteiger partial charge in [0.15, 0.2) is 5.13 Å². The second-order valence-electron chi connectivity index (χ2n) is 4.89. The van der Waals surface area contributed by atoms with Gasteiger partial charge < -0.3 is 14.7 Å². The molecule has 2 heterocycles. The molecule has 1 aromatic heterocycles. The van der Waals surface area contributed by atoms with Crippen LogP contribution in [0.4, 0.5) is 5.13 Å². The first-order chi connectivity index (χ1) is 8.67. The standard InChI is InChI=1S/C13H22N2O2S/c1-4-9(2)12-11(7-16)18-13(14-12)15-5-6-17-8-10(15)3/h9-10,16H,4-8H2,1-3H3. The number of thiazole rings is 1. The van der Waals surface area contributed by atoms with Crippen LogP contribution in [0.5, 0.6) is 0 Å². The Bertz CT molecular complexity index is 394. The molecular formula is C13H22N2O2S. The Hall–Kier alpha value is -0.650. The van der Waals surface area contributed by atoms with Crippen molar-refractivity contribution in [2.45, 2.75) is 45.8 Å². The van der Waals surface area contributed by atoms with E-state index >= 15 is 0 Å². The minimum Gasteiger partial charge on any atom is -0.391 e. The number of nitrogens with zero attached hydrogens (tertiary/aromatic N) is 2. The van der Waals surface area contributed by atoms with E-state index in [2.05, 4.69) is 25.7 Å². The third kappa shape index (κ3) is 2.68. The van der Waals surface area contributed by atoms with Gasteiger partial charge in [0.2, 0.25) is 0 Å². The summed E-state index contributed by atoms with van der Waals surface area (Å²) in [6, 6.07) is 0.362. The van der Waals surface area contributed by atoms with Gasteiger partial charge >= 0.3 is 0 Å². The van der Waals surface area contributed by atoms with Crippen LogP contribution in [0.15, 0.2) is 0 Å². The summed E-state index contributed by atoms with van der Waals surface area (Å²) < 4.78 is 5.45. The zero-order valence-electron chi connectivity index (χ0n) is 11.3. The Balaban J connectivity index is 2.25. The van der Waals surface area contributed by atoms with Crippen LogP contribution < -0.4 is 4.90 Å². The maximum atomic E-state index is 9.47. The molecule has 0 saturated carbocycles. The van der Waals surface area contributed by atoms with Gasteiger partial charge in [-0.25, -0.2) is 4.98 Å². The molecule has 1 N–H and O–H groups in total. The van der Waals surface area contributed by atoms with E-state index in [1.165, 1.54) is 0 Å². The largest absolute Gasteiger partial charge is 0.391 e. The van der Waals surface area contributed by atoms with Gasteiger partial charge in [-0.1, -0.05) is 25.2 Å². The molecule has 0 amide bonds. The van der Waals surface area contributed by atoms with E-state index in [-0.39, 0.29) is 6.61 Å². The SMILES string of the molecule is CCC(C)c1nc(N2CCOCC2C)sc1CO. The minimum atomic E-state index is 0.0933. The number of hydrogen-bond donors (Lipinski definition) is 1. The molecule has 1 aliphatic rings. The molecular weight excluding hydrogens is 248 g/mol. The molecule has 18 heavy (non-hydrogen) atoms. The molecule has 5 heteroatoms. The molecule has 1 aromatic rings. The number of aromatic nitrogens is 1. The van der Waals surface area contributed by atoms with Gasteiger partial charge in [-0.15, -0.1) is 0 Å². The summed E-state index contributed by atoms with van der Waals surface area (Å²) in [5.74, 6) is 0.411. The van der Waals surface area contributed by atoms with E-state index in [4.69, 9.17) is 9.72 Å². The Kier molecular flexibility index (Phi) is 4.59. The third-order valence-corrected chi connectivity index (χ3v) is 4.65. The number of hydrogen-bond acceptors (Lipinski definition) is 5. The Labute approximate surface area is 113 Å². The monoisotopic (exact) mass is 270 g/mol. The Morgan fingerprint density at radius 2 is 2.39 bits per heavy atom. The molecule has 0 spiro atoms. The quantitative estimate of drug-likeness (QED) is 0.912. The molecule has 4 nitrogen and oxygen atoms in total. The van der Waals surface area contributed by atoms with Crippen molar-refractivity contribution >= 4 is 16.5 Å². The molecule has 2 rings (SSSR count). The molecule has 0 bridgehead atoms. The predicted molar refractivity (Wildman–Crippen MR) is 74.4 cm³/mol. The van der Waals surface area contributed by atoms with Crippen LogP contribution in [0.3, 0.4) is 0 Å². The normalized spacial score (nSPS) is 22.2. The van der Waals surface area contributed by atoms with Crippen LogP contribution in [0.25, 0.3) is 0 Å². The van der Waals surface area contributed by atoms with E-state index < -0.39 is 0 Å². The molecule has 0 radical (unpaired) electrons. The fourth-order valence-electron chi connectivity index (χ4n) is 2.18. The van der Waals surface area contributed by atoms with Crippen molar-refractivity contribution in [1.82, 2.24) is 4.98 Å². The number of aliphatic hydroxyl groups excluding tert-OH is 1. The van der Waals surface area contributed by atoms with Crippen molar-refractivity contribution in [2.75, 3.05) is 24.7 Å². The van der Waals surface area contributed by atoms with Gasteiger partial charge in [-0.3, -0.25) is 0 Å². The van der Waals surface area contributed by atoms with Gasteiger partial charge in [-0.2, -0.15) is 0 Å². The van der Waals surface area contributed by atoms with Crippen LogP contribution in [0.1, 0.15) is 43.7 Å². The molecule has 1 aliphatic heterocycles. The first-order valence-electron chi connectivity index (χ1n) is 6.62. The zero-order valence-corrected chi connectivity index (χ0v) is 12.2. The van der Waals surface area contributed by atoms with Gasteiger partial charge in [0, 0.05) is 6.54 Å². The maximum Gasteiger partial charge on any atom is 0.186 e. The summed E-state index contributed by atoms with van der Waals surface area (Å²) in [7, 11) is 0. The summed E-state index contributed by atoms with van der Waals surface area (Å²) in [6.07, 6.45) is 1.05. The Morgan fingerprint density at radius 1 is 1.61 bits per heavy atom. The fraction of sp³-hybridized carbons (Fsp3) is 0.769. The van der Waals surface area contributed by atoms with Gasteiger partial charge in [0.1, 0.15) is 0 Å². The highest BCUT2D eigenvalue weighted by molar-refractivity contribution is 7.15. The lowest BCUT2D eigenvalue weighted by Gasteiger charge is -2.32. The number of anilines is 1. The summed E-state index contributed by atoms with van der Waals surface area (Å²) in [4.78, 5) is 8.06. The number of morpholine rings is 1. The third-order valence-electron chi connectivity index (χ3n) is 3.55. The van der Waals surface area contributed by atoms with E-state index in [1.807, 2.05) is 0 Å². The Morgan fingerprint density at radius 3 is 3.00 bits per heavy atom. The molecule has 2 unspecified atom stereocenters. The maximum absolute atomic E-state index is 9.47. The fourth-order valence-corrected chi connectivity index (χ4v) is 3.35. The average Bonchev–Trinajstić information content (AvgIpc) is 2.82. The molecule has 1 fully saturated rings. The highest BCUT2D eigenvalue weighted by atomic mass is 32.1. The van der Waals surface area contributed by atoms with E-state index in [9.17, 15) is 5.11 Å². The summed E-state index contributed by atoms with van der Waals surface area (Å²) in [6.45, 7) is 8.98. The summed E-state index contributed by atoms with van der Waals surface area (Å²) in [5.41, 5.74) is 1.07. The van der Waals surface area contributed by atoms with Crippen molar-refractivity contribution in [1.29, 1.82) is 0 Å². The van der Waals surface area contributed by atoms with Crippen molar-refractivity contribution in [3.05, 3.63) is 10.6 Å². The molecule has 0 aromatic carbocycles. The molecule has 2 atom stereocenters. The van der Waals surface area contributed by atoms with Crippen LogP contribution in [-0.2, 0) is 11.3 Å². The highest BCUT2D eigenvalue weighted by Crippen LogP contribution is 2.33. The first kappa shape index (κ1) is 13.8. The second-order valence-corrected chi connectivity index (χ2v) is 5.95. The molecule has 102 valence electrons. The lowest BCUT2D eigenvalue weighted by atomic mass is 10.0. The zero-order chi connectivity index (χ0) is 13.1. The highest BCUT2D eigenvalue weighted by Gasteiger charge is 2.24. The van der Waals surface area contributed by atoms with E-state index in [0.717, 1.165) is 41.9 Å². The number of aliphatic hydroxyl groups is 1. The van der Waals surface area contributed by atoms with E-state index in [1.54, 1.807) is 11.3 Å². The van der Waals surface area contributed by atoms with Crippen molar-refractivity contribution < 1.29 is 9.84 Å². The van der Waals surface area contributed by atoms with Crippen LogP contribution in [-0.4, -0.2) is 35.9 Å². The van der Waals surface area contributed by atoms with Gasteiger partial charge in [-0.05, 0) is 19.3 Å². The lowest BCUT2D eigenvalue weighted by molar-refractivity contribution is 0.0989. The predicted octanol–water partition coefficient (Wildman–Crippen LogP) is 2.37.